The molecule has 47 heavy (non-hydrogen) atoms. The van der Waals surface area contributed by atoms with Crippen LogP contribution in [0.25, 0.3) is 0 Å². The molecule has 0 radical (unpaired) electrons. The van der Waals surface area contributed by atoms with Gasteiger partial charge in [-0.2, -0.15) is 0 Å². The van der Waals surface area contributed by atoms with Crippen molar-refractivity contribution >= 4 is 0 Å². The van der Waals surface area contributed by atoms with Crippen LogP contribution in [0, 0.1) is 23.7 Å². The van der Waals surface area contributed by atoms with E-state index < -0.39 is 12.2 Å². The van der Waals surface area contributed by atoms with Crippen LogP contribution in [0.2, 0.25) is 0 Å². The number of ether oxygens (including phenoxy) is 1. The highest BCUT2D eigenvalue weighted by atomic mass is 16.5. The van der Waals surface area contributed by atoms with Gasteiger partial charge in [0.25, 0.3) is 0 Å². The minimum Gasteiger partial charge on any atom is -0.388 e. The molecule has 0 saturated heterocycles. The Balaban J connectivity index is 1.58. The molecule has 0 bridgehead atoms. The maximum absolute atomic E-state index is 11.2. The molecule has 6 atom stereocenters. The van der Waals surface area contributed by atoms with Crippen LogP contribution in [-0.2, 0) is 4.74 Å². The van der Waals surface area contributed by atoms with Crippen LogP contribution in [0.1, 0.15) is 138 Å². The van der Waals surface area contributed by atoms with Gasteiger partial charge >= 0.3 is 0 Å². The maximum Gasteiger partial charge on any atom is 0.109 e. The largest absolute Gasteiger partial charge is 0.388 e. The third-order valence-corrected chi connectivity index (χ3v) is 9.60. The van der Waals surface area contributed by atoms with Crippen molar-refractivity contribution in [3.63, 3.8) is 0 Å². The summed E-state index contributed by atoms with van der Waals surface area (Å²) in [6.07, 6.45) is 5.07. The van der Waals surface area contributed by atoms with E-state index in [9.17, 15) is 10.2 Å². The summed E-state index contributed by atoms with van der Waals surface area (Å²) in [5.41, 5.74) is 6.14. The molecule has 0 heterocycles. The number of aliphatic hydroxyl groups excluding tert-OH is 2. The van der Waals surface area contributed by atoms with E-state index in [2.05, 4.69) is 139 Å². The Bertz CT molecular complexity index is 1300. The Morgan fingerprint density at radius 2 is 0.702 bits per heavy atom. The summed E-state index contributed by atoms with van der Waals surface area (Å²) in [5.74, 6) is 1.78. The number of rotatable bonds is 18. The molecule has 0 aliphatic carbocycles. The summed E-state index contributed by atoms with van der Waals surface area (Å²) in [5, 5.41) is 22.3. The Labute approximate surface area is 285 Å². The zero-order valence-corrected chi connectivity index (χ0v) is 29.6. The lowest BCUT2D eigenvalue weighted by Gasteiger charge is -2.28. The number of hydrogen-bond donors (Lipinski definition) is 2. The van der Waals surface area contributed by atoms with Gasteiger partial charge in [0.1, 0.15) is 12.2 Å². The molecular formula is C44H58O3. The van der Waals surface area contributed by atoms with Gasteiger partial charge in [0.05, 0.1) is 12.2 Å². The van der Waals surface area contributed by atoms with Gasteiger partial charge < -0.3 is 14.9 Å². The van der Waals surface area contributed by atoms with E-state index in [1.54, 1.807) is 0 Å². The van der Waals surface area contributed by atoms with Crippen LogP contribution in [0.4, 0.5) is 0 Å². The van der Waals surface area contributed by atoms with Gasteiger partial charge in [-0.25, -0.2) is 0 Å². The lowest BCUT2D eigenvalue weighted by molar-refractivity contribution is 0.0307. The normalized spacial score (nSPS) is 15.7. The number of hydrogen-bond acceptors (Lipinski definition) is 3. The molecule has 0 aliphatic heterocycles. The van der Waals surface area contributed by atoms with Gasteiger partial charge in [-0.3, -0.25) is 0 Å². The van der Waals surface area contributed by atoms with Crippen molar-refractivity contribution in [3.05, 3.63) is 143 Å². The molecule has 0 amide bonds. The maximum atomic E-state index is 11.2. The van der Waals surface area contributed by atoms with Gasteiger partial charge in [0, 0.05) is 0 Å². The monoisotopic (exact) mass is 634 g/mol. The first-order valence-electron chi connectivity index (χ1n) is 17.9. The van der Waals surface area contributed by atoms with Crippen LogP contribution in [-0.4, -0.2) is 10.2 Å². The topological polar surface area (TPSA) is 49.7 Å². The summed E-state index contributed by atoms with van der Waals surface area (Å²) in [6.45, 7) is 13.3. The van der Waals surface area contributed by atoms with Crippen LogP contribution >= 0.6 is 0 Å². The highest BCUT2D eigenvalue weighted by molar-refractivity contribution is 5.36. The molecule has 3 nitrogen and oxygen atoms in total. The summed E-state index contributed by atoms with van der Waals surface area (Å²) in [4.78, 5) is 0. The van der Waals surface area contributed by atoms with Gasteiger partial charge in [-0.05, 0) is 69.9 Å². The summed E-state index contributed by atoms with van der Waals surface area (Å²) in [7, 11) is 0. The second-order valence-corrected chi connectivity index (χ2v) is 14.5. The van der Waals surface area contributed by atoms with E-state index in [1.807, 2.05) is 12.1 Å². The molecule has 4 rings (SSSR count). The predicted molar refractivity (Wildman–Crippen MR) is 196 cm³/mol. The van der Waals surface area contributed by atoms with E-state index in [0.717, 1.165) is 59.1 Å². The SMILES string of the molecule is CC(C)CCCC(C)C(O)c1ccc(C(OC(c2ccccc2)c2ccc(C(O)C(C)CCCC(C)C)cc2)c2ccccc2)cc1. The molecule has 2 N–H and O–H groups in total. The Hall–Kier alpha value is -3.24. The third-order valence-electron chi connectivity index (χ3n) is 9.60. The molecule has 0 spiro atoms. The highest BCUT2D eigenvalue weighted by Crippen LogP contribution is 2.38. The molecule has 4 aromatic carbocycles. The third kappa shape index (κ3) is 10.9. The van der Waals surface area contributed by atoms with Gasteiger partial charge in [0.15, 0.2) is 0 Å². The zero-order valence-electron chi connectivity index (χ0n) is 29.6. The van der Waals surface area contributed by atoms with Crippen LogP contribution in [0.3, 0.4) is 0 Å². The zero-order chi connectivity index (χ0) is 33.8. The van der Waals surface area contributed by atoms with E-state index in [4.69, 9.17) is 4.74 Å². The summed E-state index contributed by atoms with van der Waals surface area (Å²) < 4.78 is 7.12. The average molecular weight is 635 g/mol. The van der Waals surface area contributed by atoms with Crippen molar-refractivity contribution < 1.29 is 14.9 Å². The van der Waals surface area contributed by atoms with Crippen LogP contribution in [0.15, 0.2) is 109 Å². The molecular weight excluding hydrogens is 576 g/mol. The van der Waals surface area contributed by atoms with Crippen molar-refractivity contribution in [2.24, 2.45) is 23.7 Å². The van der Waals surface area contributed by atoms with Crippen LogP contribution < -0.4 is 0 Å². The second kappa shape index (κ2) is 18.3. The van der Waals surface area contributed by atoms with Crippen molar-refractivity contribution in [2.45, 2.75) is 104 Å². The van der Waals surface area contributed by atoms with E-state index >= 15 is 0 Å². The predicted octanol–water partition coefficient (Wildman–Crippen LogP) is 11.6. The van der Waals surface area contributed by atoms with Gasteiger partial charge in [0.2, 0.25) is 0 Å². The smallest absolute Gasteiger partial charge is 0.109 e. The molecule has 6 unspecified atom stereocenters. The van der Waals surface area contributed by atoms with Crippen molar-refractivity contribution in [2.75, 3.05) is 0 Å². The van der Waals surface area contributed by atoms with E-state index in [-0.39, 0.29) is 24.0 Å². The second-order valence-electron chi connectivity index (χ2n) is 14.5. The Morgan fingerprint density at radius 3 is 1.02 bits per heavy atom. The molecule has 4 aromatic rings. The minimum atomic E-state index is -0.490. The molecule has 0 aromatic heterocycles. The lowest BCUT2D eigenvalue weighted by Crippen LogP contribution is -2.14. The fraction of sp³-hybridized carbons (Fsp3) is 0.455. The fourth-order valence-electron chi connectivity index (χ4n) is 6.50. The number of aliphatic hydroxyl groups is 2. The molecule has 0 aliphatic rings. The first-order chi connectivity index (χ1) is 22.6. The minimum absolute atomic E-state index is 0.202. The van der Waals surface area contributed by atoms with E-state index in [1.165, 1.54) is 12.8 Å². The number of benzene rings is 4. The first kappa shape index (κ1) is 36.6. The standard InChI is InChI=1S/C44H58O3/c1-31(2)15-13-17-33(5)41(45)35-23-27-39(28-24-35)43(37-19-9-7-10-20-37)47-44(38-21-11-8-12-22-38)40-29-25-36(26-30-40)42(46)34(6)18-14-16-32(3)4/h7-12,19-34,41-46H,13-18H2,1-6H3. The molecule has 0 fully saturated rings. The molecule has 3 heteroatoms. The van der Waals surface area contributed by atoms with Crippen molar-refractivity contribution in [1.82, 2.24) is 0 Å². The van der Waals surface area contributed by atoms with E-state index in [0.29, 0.717) is 11.8 Å². The summed E-state index contributed by atoms with van der Waals surface area (Å²) >= 11 is 0. The van der Waals surface area contributed by atoms with Crippen molar-refractivity contribution in [3.8, 4) is 0 Å². The fourth-order valence-corrected chi connectivity index (χ4v) is 6.50. The van der Waals surface area contributed by atoms with Gasteiger partial charge in [-0.15, -0.1) is 0 Å². The highest BCUT2D eigenvalue weighted by Gasteiger charge is 2.25. The van der Waals surface area contributed by atoms with Crippen LogP contribution in [0.5, 0.6) is 0 Å². The Morgan fingerprint density at radius 1 is 0.404 bits per heavy atom. The lowest BCUT2D eigenvalue weighted by atomic mass is 9.90. The Kier molecular flexibility index (Phi) is 14.3. The summed E-state index contributed by atoms with van der Waals surface area (Å²) in [6, 6.07) is 37.4. The molecule has 252 valence electrons. The average Bonchev–Trinajstić information content (AvgIpc) is 3.08. The molecule has 0 saturated carbocycles. The van der Waals surface area contributed by atoms with Crippen molar-refractivity contribution in [1.29, 1.82) is 0 Å². The quantitative estimate of drug-likeness (QED) is 0.114. The van der Waals surface area contributed by atoms with Gasteiger partial charge in [-0.1, -0.05) is 176 Å². The first-order valence-corrected chi connectivity index (χ1v) is 17.9.